The van der Waals surface area contributed by atoms with Crippen molar-refractivity contribution in [2.24, 2.45) is 5.10 Å². The van der Waals surface area contributed by atoms with E-state index >= 15 is 0 Å². The van der Waals surface area contributed by atoms with Gasteiger partial charge in [0.2, 0.25) is 0 Å². The van der Waals surface area contributed by atoms with Gasteiger partial charge < -0.3 is 4.42 Å². The van der Waals surface area contributed by atoms with Crippen molar-refractivity contribution in [3.63, 3.8) is 0 Å². The Hall–Kier alpha value is -3.70. The maximum Gasteiger partial charge on any atom is 0.157 e. The lowest BCUT2D eigenvalue weighted by molar-refractivity contribution is 0.618. The number of halogens is 1. The summed E-state index contributed by atoms with van der Waals surface area (Å²) in [6.45, 7) is 2.03. The van der Waals surface area contributed by atoms with Gasteiger partial charge in [0, 0.05) is 27.4 Å². The van der Waals surface area contributed by atoms with Crippen LogP contribution in [0, 0.1) is 6.92 Å². The number of nitrogens with zero attached hydrogens (tertiary/aromatic N) is 3. The van der Waals surface area contributed by atoms with E-state index in [-0.39, 0.29) is 0 Å². The predicted molar refractivity (Wildman–Crippen MR) is 120 cm³/mol. The molecule has 1 N–H and O–H groups in total. The SMILES string of the molecule is Cc1ccc2/c(=N/Nc3ncnc4ccccc34)cc(-c3ccc(Cl)cc3)oc2c1. The van der Waals surface area contributed by atoms with E-state index < -0.39 is 0 Å². The summed E-state index contributed by atoms with van der Waals surface area (Å²) >= 11 is 6.04. The summed E-state index contributed by atoms with van der Waals surface area (Å²) in [4.78, 5) is 8.65. The van der Waals surface area contributed by atoms with Crippen molar-refractivity contribution in [3.05, 3.63) is 95.1 Å². The van der Waals surface area contributed by atoms with Gasteiger partial charge in [-0.05, 0) is 61.0 Å². The monoisotopic (exact) mass is 412 g/mol. The van der Waals surface area contributed by atoms with E-state index in [1.807, 2.05) is 79.7 Å². The highest BCUT2D eigenvalue weighted by atomic mass is 35.5. The number of aryl methyl sites for hydroxylation is 1. The summed E-state index contributed by atoms with van der Waals surface area (Å²) < 4.78 is 6.17. The molecule has 0 amide bonds. The number of nitrogens with one attached hydrogen (secondary N) is 1. The molecule has 5 nitrogen and oxygen atoms in total. The Labute approximate surface area is 177 Å². The van der Waals surface area contributed by atoms with Crippen molar-refractivity contribution in [2.75, 3.05) is 5.43 Å². The number of hydrogen-bond donors (Lipinski definition) is 1. The first-order valence-electron chi connectivity index (χ1n) is 9.47. The Balaban J connectivity index is 1.67. The maximum absolute atomic E-state index is 6.17. The Morgan fingerprint density at radius 3 is 2.60 bits per heavy atom. The second kappa shape index (κ2) is 7.61. The van der Waals surface area contributed by atoms with Crippen molar-refractivity contribution >= 4 is 39.3 Å². The van der Waals surface area contributed by atoms with Gasteiger partial charge in [-0.1, -0.05) is 29.8 Å². The minimum Gasteiger partial charge on any atom is -0.456 e. The highest BCUT2D eigenvalue weighted by Crippen LogP contribution is 2.24. The third-order valence-electron chi connectivity index (χ3n) is 4.85. The second-order valence-corrected chi connectivity index (χ2v) is 7.40. The molecule has 5 aromatic rings. The van der Waals surface area contributed by atoms with Crippen molar-refractivity contribution in [2.45, 2.75) is 6.92 Å². The zero-order valence-electron chi connectivity index (χ0n) is 16.1. The number of rotatable bonds is 3. The van der Waals surface area contributed by atoms with Crippen LogP contribution in [0.2, 0.25) is 5.02 Å². The highest BCUT2D eigenvalue weighted by molar-refractivity contribution is 6.30. The molecule has 0 saturated carbocycles. The minimum absolute atomic E-state index is 0.648. The Morgan fingerprint density at radius 2 is 1.73 bits per heavy atom. The smallest absolute Gasteiger partial charge is 0.157 e. The average molecular weight is 413 g/mol. The maximum atomic E-state index is 6.17. The van der Waals surface area contributed by atoms with Crippen molar-refractivity contribution in [3.8, 4) is 11.3 Å². The number of para-hydroxylation sites is 1. The Morgan fingerprint density at radius 1 is 0.900 bits per heavy atom. The molecule has 2 heterocycles. The van der Waals surface area contributed by atoms with Crippen molar-refractivity contribution in [1.82, 2.24) is 9.97 Å². The molecular weight excluding hydrogens is 396 g/mol. The number of hydrogen-bond acceptors (Lipinski definition) is 5. The third-order valence-corrected chi connectivity index (χ3v) is 5.11. The average Bonchev–Trinajstić information content (AvgIpc) is 2.77. The molecule has 0 aliphatic carbocycles. The molecule has 2 aromatic heterocycles. The van der Waals surface area contributed by atoms with E-state index in [1.165, 1.54) is 6.33 Å². The van der Waals surface area contributed by atoms with E-state index in [0.29, 0.717) is 16.6 Å². The molecule has 0 aliphatic heterocycles. The minimum atomic E-state index is 0.648. The van der Waals surface area contributed by atoms with E-state index in [0.717, 1.165) is 38.4 Å². The highest BCUT2D eigenvalue weighted by Gasteiger charge is 2.07. The molecule has 0 spiro atoms. The fourth-order valence-corrected chi connectivity index (χ4v) is 3.46. The number of fused-ring (bicyclic) bond motifs is 2. The number of benzene rings is 3. The van der Waals surface area contributed by atoms with Crippen LogP contribution in [0.1, 0.15) is 5.56 Å². The molecule has 0 saturated heterocycles. The first-order chi connectivity index (χ1) is 14.7. The molecule has 5 rings (SSSR count). The van der Waals surface area contributed by atoms with E-state index in [9.17, 15) is 0 Å². The fourth-order valence-electron chi connectivity index (χ4n) is 3.33. The van der Waals surface area contributed by atoms with Gasteiger partial charge in [-0.2, -0.15) is 5.10 Å². The molecule has 0 radical (unpaired) electrons. The van der Waals surface area contributed by atoms with Gasteiger partial charge in [-0.25, -0.2) is 9.97 Å². The van der Waals surface area contributed by atoms with Gasteiger partial charge in [-0.3, -0.25) is 5.43 Å². The van der Waals surface area contributed by atoms with Crippen molar-refractivity contribution < 1.29 is 4.42 Å². The lowest BCUT2D eigenvalue weighted by Crippen LogP contribution is -2.08. The van der Waals surface area contributed by atoms with Gasteiger partial charge in [0.25, 0.3) is 0 Å². The van der Waals surface area contributed by atoms with Crippen LogP contribution in [0.25, 0.3) is 33.2 Å². The predicted octanol–water partition coefficient (Wildman–Crippen LogP) is 5.93. The van der Waals surface area contributed by atoms with E-state index in [1.54, 1.807) is 0 Å². The number of aromatic nitrogens is 2. The zero-order valence-corrected chi connectivity index (χ0v) is 16.9. The first kappa shape index (κ1) is 18.3. The van der Waals surface area contributed by atoms with Crippen molar-refractivity contribution in [1.29, 1.82) is 0 Å². The van der Waals surface area contributed by atoms with E-state index in [2.05, 4.69) is 20.5 Å². The van der Waals surface area contributed by atoms with Gasteiger partial charge >= 0.3 is 0 Å². The van der Waals surface area contributed by atoms with Gasteiger partial charge in [-0.15, -0.1) is 0 Å². The van der Waals surface area contributed by atoms with Gasteiger partial charge in [0.1, 0.15) is 17.7 Å². The second-order valence-electron chi connectivity index (χ2n) is 6.97. The molecule has 0 fully saturated rings. The van der Waals surface area contributed by atoms with Crippen LogP contribution in [0.3, 0.4) is 0 Å². The quantitative estimate of drug-likeness (QED) is 0.373. The van der Waals surface area contributed by atoms with Gasteiger partial charge in [0.05, 0.1) is 10.9 Å². The van der Waals surface area contributed by atoms with Crippen LogP contribution in [-0.2, 0) is 0 Å². The normalized spacial score (nSPS) is 11.9. The van der Waals surface area contributed by atoms with Crippen LogP contribution in [0.5, 0.6) is 0 Å². The molecule has 146 valence electrons. The van der Waals surface area contributed by atoms with E-state index in [4.69, 9.17) is 16.0 Å². The first-order valence-corrected chi connectivity index (χ1v) is 9.85. The molecule has 6 heteroatoms. The summed E-state index contributed by atoms with van der Waals surface area (Å²) in [5, 5.41) is 7.91. The lowest BCUT2D eigenvalue weighted by Gasteiger charge is -2.07. The molecule has 3 aromatic carbocycles. The zero-order chi connectivity index (χ0) is 20.5. The van der Waals surface area contributed by atoms with Crippen LogP contribution in [0.4, 0.5) is 5.82 Å². The largest absolute Gasteiger partial charge is 0.456 e. The molecule has 30 heavy (non-hydrogen) atoms. The fraction of sp³-hybridized carbons (Fsp3) is 0.0417. The lowest BCUT2D eigenvalue weighted by atomic mass is 10.1. The molecule has 0 aliphatic rings. The molecular formula is C24H17ClN4O. The summed E-state index contributed by atoms with van der Waals surface area (Å²) in [5.74, 6) is 1.35. The summed E-state index contributed by atoms with van der Waals surface area (Å²) in [6.07, 6.45) is 1.53. The third kappa shape index (κ3) is 3.51. The van der Waals surface area contributed by atoms with Crippen LogP contribution in [-0.4, -0.2) is 9.97 Å². The van der Waals surface area contributed by atoms with Crippen LogP contribution < -0.4 is 10.8 Å². The summed E-state index contributed by atoms with van der Waals surface area (Å²) in [6, 6.07) is 23.3. The summed E-state index contributed by atoms with van der Waals surface area (Å²) in [7, 11) is 0. The molecule has 0 unspecified atom stereocenters. The Bertz CT molecular complexity index is 1440. The molecule has 0 atom stereocenters. The topological polar surface area (TPSA) is 63.3 Å². The van der Waals surface area contributed by atoms with Crippen LogP contribution in [0.15, 0.2) is 88.6 Å². The van der Waals surface area contributed by atoms with Gasteiger partial charge in [0.15, 0.2) is 5.82 Å². The standard InChI is InChI=1S/C24H17ClN4O/c1-15-6-11-18-21(28-29-24-19-4-2-3-5-20(19)26-14-27-24)13-22(30-23(18)12-15)16-7-9-17(25)10-8-16/h2-14H,1H3,(H,26,27,29)/b28-21+. The molecule has 0 bridgehead atoms. The Kier molecular flexibility index (Phi) is 4.65. The summed E-state index contributed by atoms with van der Waals surface area (Å²) in [5.41, 5.74) is 6.76. The number of anilines is 1. The van der Waals surface area contributed by atoms with Crippen LogP contribution >= 0.6 is 11.6 Å².